The van der Waals surface area contributed by atoms with E-state index in [1.165, 1.54) is 12.1 Å². The number of nitrogens with one attached hydrogen (secondary N) is 2. The van der Waals surface area contributed by atoms with Gasteiger partial charge in [-0.3, -0.25) is 9.59 Å². The summed E-state index contributed by atoms with van der Waals surface area (Å²) in [5.41, 5.74) is 14.7. The second-order valence-corrected chi connectivity index (χ2v) is 7.80. The van der Waals surface area contributed by atoms with Gasteiger partial charge in [-0.1, -0.05) is 18.2 Å². The molecule has 31 heavy (non-hydrogen) atoms. The molecule has 6 nitrogen and oxygen atoms in total. The van der Waals surface area contributed by atoms with Crippen molar-refractivity contribution in [3.05, 3.63) is 78.1 Å². The first-order valence-corrected chi connectivity index (χ1v) is 10.0. The van der Waals surface area contributed by atoms with Crippen LogP contribution in [0.1, 0.15) is 29.6 Å². The van der Waals surface area contributed by atoms with Crippen molar-refractivity contribution in [1.82, 2.24) is 0 Å². The Kier molecular flexibility index (Phi) is 5.44. The Labute approximate surface area is 179 Å². The highest BCUT2D eigenvalue weighted by Gasteiger charge is 2.40. The summed E-state index contributed by atoms with van der Waals surface area (Å²) in [5.74, 6) is -0.863. The van der Waals surface area contributed by atoms with Gasteiger partial charge in [-0.2, -0.15) is 0 Å². The molecular weight excluding hydrogens is 395 g/mol. The number of benzene rings is 3. The van der Waals surface area contributed by atoms with E-state index in [2.05, 4.69) is 10.6 Å². The van der Waals surface area contributed by atoms with E-state index in [0.717, 1.165) is 17.5 Å². The summed E-state index contributed by atoms with van der Waals surface area (Å²) < 4.78 is 13.2. The molecule has 7 heteroatoms. The summed E-state index contributed by atoms with van der Waals surface area (Å²) in [7, 11) is 0. The van der Waals surface area contributed by atoms with E-state index < -0.39 is 5.54 Å². The van der Waals surface area contributed by atoms with Gasteiger partial charge in [0.1, 0.15) is 5.82 Å². The Bertz CT molecular complexity index is 1120. The lowest BCUT2D eigenvalue weighted by Gasteiger charge is -2.36. The summed E-state index contributed by atoms with van der Waals surface area (Å²) in [4.78, 5) is 24.9. The predicted octanol–water partition coefficient (Wildman–Crippen LogP) is 4.15. The molecule has 1 aliphatic rings. The van der Waals surface area contributed by atoms with Gasteiger partial charge in [-0.25, -0.2) is 4.39 Å². The summed E-state index contributed by atoms with van der Waals surface area (Å²) in [5, 5.41) is 5.60. The molecule has 0 saturated heterocycles. The average Bonchev–Trinajstić information content (AvgIpc) is 2.74. The number of carbonyl (C=O) groups is 2. The van der Waals surface area contributed by atoms with Gasteiger partial charge in [-0.05, 0) is 78.9 Å². The summed E-state index contributed by atoms with van der Waals surface area (Å²) >= 11 is 0. The third-order valence-electron chi connectivity index (χ3n) is 5.58. The van der Waals surface area contributed by atoms with Crippen molar-refractivity contribution in [2.75, 3.05) is 16.4 Å². The van der Waals surface area contributed by atoms with Gasteiger partial charge >= 0.3 is 0 Å². The number of rotatable bonds is 5. The number of nitrogens with two attached hydrogens (primary N) is 2. The van der Waals surface area contributed by atoms with Crippen molar-refractivity contribution in [3.63, 3.8) is 0 Å². The first-order valence-electron chi connectivity index (χ1n) is 10.0. The molecule has 0 heterocycles. The third kappa shape index (κ3) is 4.41. The van der Waals surface area contributed by atoms with E-state index in [9.17, 15) is 14.0 Å². The van der Waals surface area contributed by atoms with Crippen molar-refractivity contribution in [2.24, 2.45) is 5.73 Å². The Morgan fingerprint density at radius 3 is 2.13 bits per heavy atom. The molecule has 1 aliphatic carbocycles. The molecular formula is C24H23FN4O2. The van der Waals surface area contributed by atoms with Crippen LogP contribution in [-0.4, -0.2) is 17.4 Å². The molecule has 4 rings (SSSR count). The lowest BCUT2D eigenvalue weighted by atomic mass is 9.77. The van der Waals surface area contributed by atoms with Crippen LogP contribution in [0.5, 0.6) is 0 Å². The largest absolute Gasteiger partial charge is 0.397 e. The highest BCUT2D eigenvalue weighted by Crippen LogP contribution is 2.30. The lowest BCUT2D eigenvalue weighted by Crippen LogP contribution is -2.56. The minimum atomic E-state index is -0.789. The SMILES string of the molecule is Nc1ccc(-c2ccc(F)cc2)cc1NC(=O)c1ccc(NC(=O)C2(N)CCC2)cc1. The van der Waals surface area contributed by atoms with Gasteiger partial charge in [0.25, 0.3) is 5.91 Å². The van der Waals surface area contributed by atoms with Crippen LogP contribution in [0.2, 0.25) is 0 Å². The van der Waals surface area contributed by atoms with E-state index in [1.54, 1.807) is 48.5 Å². The molecule has 1 saturated carbocycles. The number of hydrogen-bond donors (Lipinski definition) is 4. The van der Waals surface area contributed by atoms with Crippen LogP contribution < -0.4 is 22.1 Å². The first kappa shape index (κ1) is 20.6. The molecule has 0 unspecified atom stereocenters. The van der Waals surface area contributed by atoms with E-state index in [1.807, 2.05) is 6.07 Å². The highest BCUT2D eigenvalue weighted by atomic mass is 19.1. The number of amides is 2. The summed E-state index contributed by atoms with van der Waals surface area (Å²) in [6.45, 7) is 0. The summed E-state index contributed by atoms with van der Waals surface area (Å²) in [6.07, 6.45) is 2.31. The monoisotopic (exact) mass is 418 g/mol. The van der Waals surface area contributed by atoms with Gasteiger partial charge in [0.15, 0.2) is 0 Å². The Hall–Kier alpha value is -3.71. The van der Waals surface area contributed by atoms with Crippen molar-refractivity contribution in [2.45, 2.75) is 24.8 Å². The minimum absolute atomic E-state index is 0.207. The van der Waals surface area contributed by atoms with Crippen LogP contribution in [0.25, 0.3) is 11.1 Å². The van der Waals surface area contributed by atoms with E-state index in [0.29, 0.717) is 35.5 Å². The maximum Gasteiger partial charge on any atom is 0.255 e. The molecule has 0 atom stereocenters. The lowest BCUT2D eigenvalue weighted by molar-refractivity contribution is -0.123. The molecule has 0 radical (unpaired) electrons. The molecule has 0 spiro atoms. The molecule has 0 bridgehead atoms. The van der Waals surface area contributed by atoms with E-state index >= 15 is 0 Å². The number of nitrogen functional groups attached to an aromatic ring is 1. The fourth-order valence-corrected chi connectivity index (χ4v) is 3.43. The van der Waals surface area contributed by atoms with Crippen LogP contribution in [0, 0.1) is 5.82 Å². The molecule has 3 aromatic carbocycles. The normalized spacial score (nSPS) is 14.4. The van der Waals surface area contributed by atoms with Gasteiger partial charge in [-0.15, -0.1) is 0 Å². The molecule has 2 amide bonds. The zero-order valence-electron chi connectivity index (χ0n) is 16.8. The van der Waals surface area contributed by atoms with Crippen LogP contribution in [0.3, 0.4) is 0 Å². The highest BCUT2D eigenvalue weighted by molar-refractivity contribution is 6.06. The van der Waals surface area contributed by atoms with Crippen LogP contribution in [-0.2, 0) is 4.79 Å². The fraction of sp³-hybridized carbons (Fsp3) is 0.167. The number of anilines is 3. The topological polar surface area (TPSA) is 110 Å². The van der Waals surface area contributed by atoms with Crippen molar-refractivity contribution < 1.29 is 14.0 Å². The minimum Gasteiger partial charge on any atom is -0.397 e. The molecule has 0 aromatic heterocycles. The van der Waals surface area contributed by atoms with Gasteiger partial charge in [0.2, 0.25) is 5.91 Å². The molecule has 6 N–H and O–H groups in total. The van der Waals surface area contributed by atoms with Crippen molar-refractivity contribution in [3.8, 4) is 11.1 Å². The van der Waals surface area contributed by atoms with Crippen molar-refractivity contribution >= 4 is 28.9 Å². The Balaban J connectivity index is 1.46. The molecule has 3 aromatic rings. The van der Waals surface area contributed by atoms with E-state index in [4.69, 9.17) is 11.5 Å². The first-order chi connectivity index (χ1) is 14.8. The molecule has 158 valence electrons. The van der Waals surface area contributed by atoms with Crippen LogP contribution in [0.15, 0.2) is 66.7 Å². The third-order valence-corrected chi connectivity index (χ3v) is 5.58. The van der Waals surface area contributed by atoms with Gasteiger partial charge < -0.3 is 22.1 Å². The number of halogens is 1. The van der Waals surface area contributed by atoms with Crippen LogP contribution >= 0.6 is 0 Å². The number of hydrogen-bond acceptors (Lipinski definition) is 4. The van der Waals surface area contributed by atoms with Crippen molar-refractivity contribution in [1.29, 1.82) is 0 Å². The fourth-order valence-electron chi connectivity index (χ4n) is 3.43. The van der Waals surface area contributed by atoms with Crippen LogP contribution in [0.4, 0.5) is 21.5 Å². The second kappa shape index (κ2) is 8.20. The zero-order chi connectivity index (χ0) is 22.0. The second-order valence-electron chi connectivity index (χ2n) is 7.80. The quantitative estimate of drug-likeness (QED) is 0.467. The number of carbonyl (C=O) groups excluding carboxylic acids is 2. The Morgan fingerprint density at radius 2 is 1.52 bits per heavy atom. The smallest absolute Gasteiger partial charge is 0.255 e. The maximum atomic E-state index is 13.2. The van der Waals surface area contributed by atoms with Gasteiger partial charge in [0, 0.05) is 11.3 Å². The molecule has 1 fully saturated rings. The Morgan fingerprint density at radius 1 is 0.871 bits per heavy atom. The summed E-state index contributed by atoms with van der Waals surface area (Å²) in [6, 6.07) is 17.9. The zero-order valence-corrected chi connectivity index (χ0v) is 16.8. The molecule has 0 aliphatic heterocycles. The van der Waals surface area contributed by atoms with Gasteiger partial charge in [0.05, 0.1) is 16.9 Å². The standard InChI is InChI=1S/C24H23FN4O2/c25-18-7-2-15(3-8-18)17-6-11-20(26)21(14-17)29-22(30)16-4-9-19(10-5-16)28-23(31)24(27)12-1-13-24/h2-11,14H,1,12-13,26-27H2,(H,28,31)(H,29,30). The average molecular weight is 418 g/mol. The predicted molar refractivity (Wildman–Crippen MR) is 120 cm³/mol. The maximum absolute atomic E-state index is 13.2. The van der Waals surface area contributed by atoms with E-state index in [-0.39, 0.29) is 17.6 Å².